The molecular weight excluding hydrogens is 334 g/mol. The van der Waals surface area contributed by atoms with Crippen molar-refractivity contribution in [2.75, 3.05) is 11.4 Å². The fourth-order valence-electron chi connectivity index (χ4n) is 1.87. The standard InChI is InChI=1S/C15H14BrN3O2/c16-13-10-18-8-6-12(13)15(21)19(9-7-14(17)20)11-4-2-1-3-5-11/h1-6,8,10H,7,9H2,(H2,17,20). The highest BCUT2D eigenvalue weighted by Crippen LogP contribution is 2.21. The van der Waals surface area contributed by atoms with Crippen LogP contribution in [0.3, 0.4) is 0 Å². The molecule has 1 aromatic carbocycles. The Labute approximate surface area is 130 Å². The van der Waals surface area contributed by atoms with Crippen molar-refractivity contribution in [3.63, 3.8) is 0 Å². The summed E-state index contributed by atoms with van der Waals surface area (Å²) in [6, 6.07) is 10.8. The van der Waals surface area contributed by atoms with Gasteiger partial charge in [0.05, 0.1) is 5.56 Å². The van der Waals surface area contributed by atoms with Crippen LogP contribution in [0.2, 0.25) is 0 Å². The zero-order valence-electron chi connectivity index (χ0n) is 11.2. The first kappa shape index (κ1) is 15.2. The summed E-state index contributed by atoms with van der Waals surface area (Å²) >= 11 is 3.32. The van der Waals surface area contributed by atoms with Gasteiger partial charge in [-0.1, -0.05) is 18.2 Å². The van der Waals surface area contributed by atoms with E-state index in [1.807, 2.05) is 30.3 Å². The van der Waals surface area contributed by atoms with E-state index in [4.69, 9.17) is 5.73 Å². The smallest absolute Gasteiger partial charge is 0.259 e. The average molecular weight is 348 g/mol. The van der Waals surface area contributed by atoms with Gasteiger partial charge in [0.1, 0.15) is 0 Å². The molecule has 0 saturated carbocycles. The molecule has 108 valence electrons. The van der Waals surface area contributed by atoms with E-state index < -0.39 is 5.91 Å². The van der Waals surface area contributed by atoms with E-state index in [2.05, 4.69) is 20.9 Å². The van der Waals surface area contributed by atoms with Crippen LogP contribution in [0.15, 0.2) is 53.3 Å². The summed E-state index contributed by atoms with van der Waals surface area (Å²) in [5.41, 5.74) is 6.39. The van der Waals surface area contributed by atoms with Crippen LogP contribution in [0.25, 0.3) is 0 Å². The molecule has 6 heteroatoms. The van der Waals surface area contributed by atoms with Crippen LogP contribution in [-0.4, -0.2) is 23.3 Å². The molecule has 2 N–H and O–H groups in total. The van der Waals surface area contributed by atoms with Crippen molar-refractivity contribution in [2.24, 2.45) is 5.73 Å². The minimum absolute atomic E-state index is 0.101. The van der Waals surface area contributed by atoms with Gasteiger partial charge in [-0.2, -0.15) is 0 Å². The second kappa shape index (κ2) is 6.99. The molecule has 0 atom stereocenters. The SMILES string of the molecule is NC(=O)CCN(C(=O)c1ccncc1Br)c1ccccc1. The molecule has 0 aliphatic heterocycles. The van der Waals surface area contributed by atoms with Gasteiger partial charge in [-0.15, -0.1) is 0 Å². The minimum Gasteiger partial charge on any atom is -0.370 e. The van der Waals surface area contributed by atoms with Gasteiger partial charge in [-0.05, 0) is 34.1 Å². The first-order valence-corrected chi connectivity index (χ1v) is 7.13. The number of carbonyl (C=O) groups excluding carboxylic acids is 2. The van der Waals surface area contributed by atoms with Crippen LogP contribution in [0.1, 0.15) is 16.8 Å². The number of amides is 2. The molecule has 1 aromatic heterocycles. The Hall–Kier alpha value is -2.21. The average Bonchev–Trinajstić information content (AvgIpc) is 2.48. The van der Waals surface area contributed by atoms with Crippen LogP contribution in [0.4, 0.5) is 5.69 Å². The quantitative estimate of drug-likeness (QED) is 0.901. The normalized spacial score (nSPS) is 10.1. The summed E-state index contributed by atoms with van der Waals surface area (Å²) in [6.07, 6.45) is 3.21. The third kappa shape index (κ3) is 3.88. The number of anilines is 1. The van der Waals surface area contributed by atoms with Crippen LogP contribution < -0.4 is 10.6 Å². The van der Waals surface area contributed by atoms with E-state index in [0.717, 1.165) is 0 Å². The maximum Gasteiger partial charge on any atom is 0.259 e. The van der Waals surface area contributed by atoms with Crippen molar-refractivity contribution in [2.45, 2.75) is 6.42 Å². The van der Waals surface area contributed by atoms with Gasteiger partial charge in [0.15, 0.2) is 0 Å². The number of halogens is 1. The molecule has 0 fully saturated rings. The molecule has 2 aromatic rings. The lowest BCUT2D eigenvalue weighted by molar-refractivity contribution is -0.117. The Kier molecular flexibility index (Phi) is 5.05. The summed E-state index contributed by atoms with van der Waals surface area (Å²) in [5.74, 6) is -0.658. The Bertz CT molecular complexity index is 646. The molecule has 21 heavy (non-hydrogen) atoms. The van der Waals surface area contributed by atoms with Crippen LogP contribution in [0, 0.1) is 0 Å². The third-order valence-electron chi connectivity index (χ3n) is 2.90. The first-order chi connectivity index (χ1) is 10.1. The second-order valence-corrected chi connectivity index (χ2v) is 5.22. The van der Waals surface area contributed by atoms with Gasteiger partial charge in [-0.25, -0.2) is 0 Å². The Morgan fingerprint density at radius 1 is 1.19 bits per heavy atom. The number of para-hydroxylation sites is 1. The highest BCUT2D eigenvalue weighted by Gasteiger charge is 2.20. The Balaban J connectivity index is 2.33. The van der Waals surface area contributed by atoms with E-state index >= 15 is 0 Å². The molecule has 0 unspecified atom stereocenters. The summed E-state index contributed by atoms with van der Waals surface area (Å²) in [5, 5.41) is 0. The number of primary amides is 1. The second-order valence-electron chi connectivity index (χ2n) is 4.36. The molecule has 1 heterocycles. The molecule has 5 nitrogen and oxygen atoms in total. The van der Waals surface area contributed by atoms with Crippen molar-refractivity contribution >= 4 is 33.4 Å². The van der Waals surface area contributed by atoms with Crippen molar-refractivity contribution in [3.05, 3.63) is 58.8 Å². The van der Waals surface area contributed by atoms with Gasteiger partial charge in [-0.3, -0.25) is 14.6 Å². The molecular formula is C15H14BrN3O2. The van der Waals surface area contributed by atoms with Crippen molar-refractivity contribution < 1.29 is 9.59 Å². The largest absolute Gasteiger partial charge is 0.370 e. The fraction of sp³-hybridized carbons (Fsp3) is 0.133. The number of pyridine rings is 1. The van der Waals surface area contributed by atoms with Crippen molar-refractivity contribution in [3.8, 4) is 0 Å². The zero-order valence-corrected chi connectivity index (χ0v) is 12.8. The topological polar surface area (TPSA) is 76.3 Å². The predicted molar refractivity (Wildman–Crippen MR) is 83.9 cm³/mol. The molecule has 0 aliphatic carbocycles. The van der Waals surface area contributed by atoms with Gasteiger partial charge in [0.25, 0.3) is 5.91 Å². The third-order valence-corrected chi connectivity index (χ3v) is 3.53. The number of rotatable bonds is 5. The molecule has 2 amide bonds. The van der Waals surface area contributed by atoms with Crippen molar-refractivity contribution in [1.29, 1.82) is 0 Å². The van der Waals surface area contributed by atoms with Gasteiger partial charge in [0, 0.05) is 35.5 Å². The van der Waals surface area contributed by atoms with E-state index in [0.29, 0.717) is 15.7 Å². The Morgan fingerprint density at radius 2 is 1.90 bits per heavy atom. The number of hydrogen-bond donors (Lipinski definition) is 1. The number of benzene rings is 1. The summed E-state index contributed by atoms with van der Waals surface area (Å²) in [6.45, 7) is 0.229. The Morgan fingerprint density at radius 3 is 2.52 bits per heavy atom. The summed E-state index contributed by atoms with van der Waals surface area (Å²) in [4.78, 5) is 29.2. The van der Waals surface area contributed by atoms with E-state index in [-0.39, 0.29) is 18.9 Å². The fourth-order valence-corrected chi connectivity index (χ4v) is 2.29. The molecule has 0 radical (unpaired) electrons. The minimum atomic E-state index is -0.447. The lowest BCUT2D eigenvalue weighted by atomic mass is 10.2. The monoisotopic (exact) mass is 347 g/mol. The van der Waals surface area contributed by atoms with Gasteiger partial charge < -0.3 is 10.6 Å². The maximum atomic E-state index is 12.7. The summed E-state index contributed by atoms with van der Waals surface area (Å²) in [7, 11) is 0. The number of nitrogens with two attached hydrogens (primary N) is 1. The van der Waals surface area contributed by atoms with E-state index in [1.165, 1.54) is 4.90 Å². The highest BCUT2D eigenvalue weighted by atomic mass is 79.9. The summed E-state index contributed by atoms with van der Waals surface area (Å²) < 4.78 is 0.606. The molecule has 0 spiro atoms. The number of hydrogen-bond acceptors (Lipinski definition) is 3. The molecule has 0 aliphatic rings. The predicted octanol–water partition coefficient (Wildman–Crippen LogP) is 2.37. The van der Waals surface area contributed by atoms with Crippen LogP contribution >= 0.6 is 15.9 Å². The maximum absolute atomic E-state index is 12.7. The lowest BCUT2D eigenvalue weighted by Crippen LogP contribution is -2.34. The van der Waals surface area contributed by atoms with Crippen LogP contribution in [-0.2, 0) is 4.79 Å². The first-order valence-electron chi connectivity index (χ1n) is 6.34. The molecule has 2 rings (SSSR count). The highest BCUT2D eigenvalue weighted by molar-refractivity contribution is 9.10. The molecule has 0 bridgehead atoms. The number of carbonyl (C=O) groups is 2. The van der Waals surface area contributed by atoms with Gasteiger partial charge in [0.2, 0.25) is 5.91 Å². The van der Waals surface area contributed by atoms with Gasteiger partial charge >= 0.3 is 0 Å². The number of nitrogens with zero attached hydrogens (tertiary/aromatic N) is 2. The van der Waals surface area contributed by atoms with Crippen LogP contribution in [0.5, 0.6) is 0 Å². The number of aromatic nitrogens is 1. The molecule has 0 saturated heterocycles. The van der Waals surface area contributed by atoms with Crippen molar-refractivity contribution in [1.82, 2.24) is 4.98 Å². The lowest BCUT2D eigenvalue weighted by Gasteiger charge is -2.22. The van der Waals surface area contributed by atoms with E-state index in [9.17, 15) is 9.59 Å². The van der Waals surface area contributed by atoms with E-state index in [1.54, 1.807) is 18.5 Å². The zero-order chi connectivity index (χ0) is 15.2.